The van der Waals surface area contributed by atoms with Crippen LogP contribution in [0.4, 0.5) is 10.1 Å². The topological polar surface area (TPSA) is 57.8 Å². The number of nitrogens with one attached hydrogen (secondary N) is 2. The van der Waals surface area contributed by atoms with Crippen LogP contribution in [0.5, 0.6) is 0 Å². The van der Waals surface area contributed by atoms with Crippen LogP contribution in [-0.4, -0.2) is 15.8 Å². The summed E-state index contributed by atoms with van der Waals surface area (Å²) < 4.78 is 19.0. The first-order chi connectivity index (χ1) is 13.5. The fourth-order valence-electron chi connectivity index (χ4n) is 2.80. The molecule has 2 heterocycles. The van der Waals surface area contributed by atoms with E-state index in [2.05, 4.69) is 39.9 Å². The number of anilines is 1. The summed E-state index contributed by atoms with van der Waals surface area (Å²) in [5.74, 6) is -0.986. The van der Waals surface area contributed by atoms with E-state index in [-0.39, 0.29) is 11.3 Å². The molecule has 0 fully saturated rings. The number of aromatic nitrogens is 2. The molecule has 1 atom stereocenters. The third kappa shape index (κ3) is 3.70. The lowest BCUT2D eigenvalue weighted by Gasteiger charge is -2.12. The minimum Gasteiger partial charge on any atom is -0.345 e. The Morgan fingerprint density at radius 1 is 1.21 bits per heavy atom. The summed E-state index contributed by atoms with van der Waals surface area (Å²) in [5, 5.41) is 1.13. The highest BCUT2D eigenvalue weighted by Crippen LogP contribution is 2.28. The molecule has 8 heteroatoms. The van der Waals surface area contributed by atoms with E-state index in [1.54, 1.807) is 30.6 Å². The maximum Gasteiger partial charge on any atom is 0.198 e. The standard InChI is InChI=1S/C20H14BrFN3OPS/c21-11-8-13-14(10-24-20(13)23-9-11)19(26)17-16(27)7-6-15(18(17)22)25-28-12-4-2-1-3-5-12/h1-10,25H,27H2,(H,23,24). The number of hydrogen-bond acceptors (Lipinski definition) is 4. The van der Waals surface area contributed by atoms with E-state index in [0.717, 1.165) is 9.37 Å². The first-order valence-electron chi connectivity index (χ1n) is 8.28. The van der Waals surface area contributed by atoms with Crippen molar-refractivity contribution < 1.29 is 9.18 Å². The van der Waals surface area contributed by atoms with Gasteiger partial charge in [-0.1, -0.05) is 24.3 Å². The van der Waals surface area contributed by atoms with Gasteiger partial charge < -0.3 is 9.71 Å². The van der Waals surface area contributed by atoms with Gasteiger partial charge in [0.1, 0.15) is 5.65 Å². The molecule has 4 nitrogen and oxygen atoms in total. The predicted molar refractivity (Wildman–Crippen MR) is 119 cm³/mol. The molecule has 2 aromatic carbocycles. The Labute approximate surface area is 175 Å². The van der Waals surface area contributed by atoms with Crippen LogP contribution >= 0.6 is 37.1 Å². The fourth-order valence-corrected chi connectivity index (χ4v) is 4.17. The van der Waals surface area contributed by atoms with Crippen molar-refractivity contribution in [3.63, 3.8) is 0 Å². The van der Waals surface area contributed by atoms with E-state index in [4.69, 9.17) is 0 Å². The van der Waals surface area contributed by atoms with Crippen LogP contribution in [-0.2, 0) is 0 Å². The summed E-state index contributed by atoms with van der Waals surface area (Å²) >= 11 is 4.65. The molecule has 0 aliphatic carbocycles. The van der Waals surface area contributed by atoms with Crippen molar-refractivity contribution in [3.8, 4) is 0 Å². The number of ketones is 1. The minimum atomic E-state index is -0.585. The fraction of sp³-hybridized carbons (Fsp3) is 0. The molecular weight excluding hydrogens is 460 g/mol. The number of H-pyrrole nitrogens is 1. The second kappa shape index (κ2) is 8.03. The van der Waals surface area contributed by atoms with Gasteiger partial charge in [0, 0.05) is 32.7 Å². The van der Waals surface area contributed by atoms with E-state index in [1.807, 2.05) is 30.3 Å². The van der Waals surface area contributed by atoms with E-state index < -0.39 is 11.6 Å². The highest BCUT2D eigenvalue weighted by atomic mass is 79.9. The van der Waals surface area contributed by atoms with Crippen LogP contribution in [0.3, 0.4) is 0 Å². The molecule has 0 saturated carbocycles. The predicted octanol–water partition coefficient (Wildman–Crippen LogP) is 5.32. The van der Waals surface area contributed by atoms with E-state index in [0.29, 0.717) is 21.9 Å². The van der Waals surface area contributed by atoms with Gasteiger partial charge in [-0.05, 0) is 57.4 Å². The molecular formula is C20H14BrFN3OPS. The number of carbonyl (C=O) groups is 1. The van der Waals surface area contributed by atoms with Crippen molar-refractivity contribution >= 4 is 64.9 Å². The molecule has 28 heavy (non-hydrogen) atoms. The number of nitrogens with zero attached hydrogens (tertiary/aromatic N) is 1. The van der Waals surface area contributed by atoms with Crippen LogP contribution in [0.15, 0.2) is 70.3 Å². The highest BCUT2D eigenvalue weighted by molar-refractivity contribution is 9.10. The molecule has 0 bridgehead atoms. The smallest absolute Gasteiger partial charge is 0.198 e. The van der Waals surface area contributed by atoms with E-state index in [1.165, 1.54) is 11.9 Å². The average molecular weight is 474 g/mol. The van der Waals surface area contributed by atoms with Crippen LogP contribution in [0, 0.1) is 5.82 Å². The Morgan fingerprint density at radius 2 is 2.00 bits per heavy atom. The Hall–Kier alpha value is -2.21. The second-order valence-electron chi connectivity index (χ2n) is 5.99. The summed E-state index contributed by atoms with van der Waals surface area (Å²) in [6, 6.07) is 14.7. The van der Waals surface area contributed by atoms with Gasteiger partial charge in [0.05, 0.1) is 11.3 Å². The summed E-state index contributed by atoms with van der Waals surface area (Å²) in [4.78, 5) is 21.3. The van der Waals surface area contributed by atoms with Crippen LogP contribution in [0.2, 0.25) is 0 Å². The normalized spacial score (nSPS) is 11.0. The van der Waals surface area contributed by atoms with Gasteiger partial charge in [-0.3, -0.25) is 4.79 Å². The summed E-state index contributed by atoms with van der Waals surface area (Å²) in [5.41, 5.74) is 1.22. The quantitative estimate of drug-likeness (QED) is 0.234. The molecule has 140 valence electrons. The number of aromatic amines is 1. The molecule has 0 spiro atoms. The summed E-state index contributed by atoms with van der Waals surface area (Å²) in [6.07, 6.45) is 3.20. The van der Waals surface area contributed by atoms with Crippen LogP contribution in [0.25, 0.3) is 11.0 Å². The van der Waals surface area contributed by atoms with Crippen molar-refractivity contribution in [2.24, 2.45) is 0 Å². The van der Waals surface area contributed by atoms with E-state index in [9.17, 15) is 4.79 Å². The average Bonchev–Trinajstić information content (AvgIpc) is 3.11. The molecule has 1 unspecified atom stereocenters. The molecule has 2 aromatic heterocycles. The maximum atomic E-state index is 15.2. The molecule has 4 rings (SSSR count). The number of benzene rings is 2. The van der Waals surface area contributed by atoms with Crippen molar-refractivity contribution in [1.29, 1.82) is 0 Å². The molecule has 0 radical (unpaired) electrons. The first-order valence-corrected chi connectivity index (χ1v) is 10.5. The third-order valence-corrected chi connectivity index (χ3v) is 5.91. The molecule has 0 aliphatic heterocycles. The highest BCUT2D eigenvalue weighted by Gasteiger charge is 2.23. The zero-order chi connectivity index (χ0) is 19.7. The number of hydrogen-bond donors (Lipinski definition) is 2. The molecule has 0 aliphatic rings. The third-order valence-electron chi connectivity index (χ3n) is 4.17. The van der Waals surface area contributed by atoms with Gasteiger partial charge in [0.25, 0.3) is 0 Å². The largest absolute Gasteiger partial charge is 0.345 e. The van der Waals surface area contributed by atoms with Gasteiger partial charge in [0.2, 0.25) is 0 Å². The maximum absolute atomic E-state index is 15.2. The number of carbonyl (C=O) groups excluding carboxylic acids is 1. The second-order valence-corrected chi connectivity index (χ2v) is 8.41. The Bertz CT molecular complexity index is 1180. The lowest BCUT2D eigenvalue weighted by molar-refractivity contribution is 0.103. The van der Waals surface area contributed by atoms with Gasteiger partial charge in [-0.2, -0.15) is 0 Å². The van der Waals surface area contributed by atoms with Crippen LogP contribution < -0.4 is 10.0 Å². The number of halogens is 2. The van der Waals surface area contributed by atoms with Gasteiger partial charge >= 0.3 is 0 Å². The molecule has 0 saturated heterocycles. The van der Waals surface area contributed by atoms with Gasteiger partial charge in [0.15, 0.2) is 11.6 Å². The molecule has 0 amide bonds. The number of pyridine rings is 1. The van der Waals surface area contributed by atoms with Crippen molar-refractivity contribution in [2.75, 3.05) is 4.72 Å². The Kier molecular flexibility index (Phi) is 5.49. The lowest BCUT2D eigenvalue weighted by Crippen LogP contribution is -2.15. The number of rotatable bonds is 5. The Morgan fingerprint density at radius 3 is 2.79 bits per heavy atom. The number of fused-ring (bicyclic) bond motifs is 1. The lowest BCUT2D eigenvalue weighted by atomic mass is 10.0. The van der Waals surface area contributed by atoms with Crippen molar-refractivity contribution in [1.82, 2.24) is 9.97 Å². The molecule has 2 N–H and O–H groups in total. The Balaban J connectivity index is 1.70. The first kappa shape index (κ1) is 19.1. The minimum absolute atomic E-state index is 0.0181. The molecule has 4 aromatic rings. The van der Waals surface area contributed by atoms with Crippen molar-refractivity contribution in [3.05, 3.63) is 82.3 Å². The van der Waals surface area contributed by atoms with Crippen LogP contribution in [0.1, 0.15) is 15.9 Å². The summed E-state index contributed by atoms with van der Waals surface area (Å²) in [6.45, 7) is 0. The zero-order valence-electron chi connectivity index (χ0n) is 14.4. The SMILES string of the molecule is O=C(c1c(P)ccc(NSc2ccccc2)c1F)c1c[nH]c2ncc(Br)cc12. The van der Waals surface area contributed by atoms with E-state index >= 15 is 4.39 Å². The van der Waals surface area contributed by atoms with Crippen molar-refractivity contribution in [2.45, 2.75) is 4.90 Å². The summed E-state index contributed by atoms with van der Waals surface area (Å²) in [7, 11) is 2.43. The monoisotopic (exact) mass is 473 g/mol. The zero-order valence-corrected chi connectivity index (χ0v) is 17.9. The van der Waals surface area contributed by atoms with Gasteiger partial charge in [-0.15, -0.1) is 9.24 Å². The van der Waals surface area contributed by atoms with Gasteiger partial charge in [-0.25, -0.2) is 9.37 Å².